The molecule has 0 saturated heterocycles. The fraction of sp³-hybridized carbons (Fsp3) is 0.391. The van der Waals surface area contributed by atoms with Gasteiger partial charge in [0, 0.05) is 25.9 Å². The van der Waals surface area contributed by atoms with Crippen molar-refractivity contribution in [2.24, 2.45) is 0 Å². The molecule has 32 heavy (non-hydrogen) atoms. The van der Waals surface area contributed by atoms with Crippen molar-refractivity contribution >= 4 is 36.8 Å². The third kappa shape index (κ3) is 4.58. The molecule has 3 heterocycles. The molecule has 0 saturated carbocycles. The number of hydrogen-bond donors (Lipinski definition) is 0. The molecule has 0 fully saturated rings. The minimum Gasteiger partial charge on any atom is -0.364 e. The number of nitriles is 1. The molecule has 1 amide bonds. The van der Waals surface area contributed by atoms with Crippen molar-refractivity contribution < 1.29 is 9.53 Å². The molecule has 9 heteroatoms. The third-order valence-corrected chi connectivity index (χ3v) is 7.81. The van der Waals surface area contributed by atoms with E-state index in [-0.39, 0.29) is 18.3 Å². The summed E-state index contributed by atoms with van der Waals surface area (Å²) in [5.74, 6) is -0.183. The lowest BCUT2D eigenvalue weighted by Crippen LogP contribution is -2.27. The largest absolute Gasteiger partial charge is 0.364 e. The second-order valence-electron chi connectivity index (χ2n) is 9.16. The topological polar surface area (TPSA) is 84.0 Å². The predicted octanol–water partition coefficient (Wildman–Crippen LogP) is 4.49. The van der Waals surface area contributed by atoms with Gasteiger partial charge in [-0.1, -0.05) is 36.0 Å². The van der Waals surface area contributed by atoms with Crippen molar-refractivity contribution in [3.05, 3.63) is 52.8 Å². The Kier molecular flexibility index (Phi) is 6.37. The predicted molar refractivity (Wildman–Crippen MR) is 128 cm³/mol. The average molecular weight is 466 g/mol. The molecule has 0 N–H and O–H groups in total. The Morgan fingerprint density at radius 1 is 1.22 bits per heavy atom. The number of thioether (sulfide) groups is 1. The van der Waals surface area contributed by atoms with E-state index in [1.807, 2.05) is 35.1 Å². The number of amides is 1. The molecule has 0 radical (unpaired) electrons. The Morgan fingerprint density at radius 2 is 1.91 bits per heavy atom. The van der Waals surface area contributed by atoms with Crippen molar-refractivity contribution in [2.75, 3.05) is 12.9 Å². The van der Waals surface area contributed by atoms with Crippen LogP contribution in [0.2, 0.25) is 25.7 Å². The molecule has 0 bridgehead atoms. The summed E-state index contributed by atoms with van der Waals surface area (Å²) in [4.78, 5) is 24.5. The Labute approximate surface area is 193 Å². The van der Waals surface area contributed by atoms with E-state index in [2.05, 4.69) is 35.7 Å². The fourth-order valence-corrected chi connectivity index (χ4v) is 4.88. The molecule has 0 spiro atoms. The number of aromatic nitrogens is 3. The highest BCUT2D eigenvalue weighted by Crippen LogP contribution is 2.29. The number of ether oxygens (including phenoxy) is 1. The highest BCUT2D eigenvalue weighted by atomic mass is 32.2. The highest BCUT2D eigenvalue weighted by Gasteiger charge is 2.29. The maximum Gasteiger partial charge on any atom is 0.273 e. The Hall–Kier alpha value is -2.67. The van der Waals surface area contributed by atoms with Crippen molar-refractivity contribution in [3.63, 3.8) is 0 Å². The van der Waals surface area contributed by atoms with Gasteiger partial charge in [0.2, 0.25) is 0 Å². The normalized spacial score (nSPS) is 13.4. The molecular weight excluding hydrogens is 438 g/mol. The van der Waals surface area contributed by atoms with Crippen molar-refractivity contribution in [3.8, 4) is 6.07 Å². The van der Waals surface area contributed by atoms with Gasteiger partial charge in [-0.2, -0.15) is 24.9 Å². The van der Waals surface area contributed by atoms with Gasteiger partial charge in [0.15, 0.2) is 5.16 Å². The van der Waals surface area contributed by atoms with E-state index >= 15 is 0 Å². The molecule has 3 aromatic rings. The Morgan fingerprint density at radius 3 is 2.50 bits per heavy atom. The molecule has 1 aliphatic rings. The van der Waals surface area contributed by atoms with E-state index in [0.717, 1.165) is 17.2 Å². The summed E-state index contributed by atoms with van der Waals surface area (Å²) in [7, 11) is -1.20. The van der Waals surface area contributed by atoms with Crippen LogP contribution in [-0.2, 0) is 24.6 Å². The van der Waals surface area contributed by atoms with Crippen LogP contribution in [0.15, 0.2) is 35.6 Å². The van der Waals surface area contributed by atoms with E-state index in [1.165, 1.54) is 11.8 Å². The first-order valence-electron chi connectivity index (χ1n) is 10.6. The number of carbonyl (C=O) groups excluding carboxylic acids is 1. The highest BCUT2D eigenvalue weighted by molar-refractivity contribution is 7.98. The summed E-state index contributed by atoms with van der Waals surface area (Å²) >= 11 is 1.38. The van der Waals surface area contributed by atoms with Crippen LogP contribution in [-0.4, -0.2) is 46.3 Å². The van der Waals surface area contributed by atoms with Crippen LogP contribution in [0, 0.1) is 11.3 Å². The quantitative estimate of drug-likeness (QED) is 0.221. The first kappa shape index (κ1) is 22.5. The second-order valence-corrected chi connectivity index (χ2v) is 15.6. The van der Waals surface area contributed by atoms with Gasteiger partial charge in [-0.25, -0.2) is 9.97 Å². The number of hydrogen-bond acceptors (Lipinski definition) is 6. The lowest BCUT2D eigenvalue weighted by molar-refractivity contribution is 0.0746. The minimum absolute atomic E-state index is 0.183. The smallest absolute Gasteiger partial charge is 0.273 e. The molecule has 2 aromatic heterocycles. The number of rotatable bonds is 7. The lowest BCUT2D eigenvalue weighted by Gasteiger charge is -2.26. The van der Waals surface area contributed by atoms with Gasteiger partial charge in [0.25, 0.3) is 5.91 Å². The zero-order chi connectivity index (χ0) is 22.9. The number of benzene rings is 1. The molecule has 4 rings (SSSR count). The van der Waals surface area contributed by atoms with E-state index in [4.69, 9.17) is 4.74 Å². The number of carbonyl (C=O) groups is 1. The van der Waals surface area contributed by atoms with Crippen molar-refractivity contribution in [1.82, 2.24) is 19.4 Å². The van der Waals surface area contributed by atoms with E-state index in [9.17, 15) is 10.1 Å². The SMILES string of the molecule is CSc1nc(C(=O)N2Cc3ccccc3C2)c2c(C#N)cn(COCC[Si-](C)(C)C)c2n1. The Bertz CT molecular complexity index is 1190. The van der Waals surface area contributed by atoms with Gasteiger partial charge in [0.1, 0.15) is 24.1 Å². The van der Waals surface area contributed by atoms with E-state index in [0.29, 0.717) is 41.4 Å². The van der Waals surface area contributed by atoms with Crippen LogP contribution < -0.4 is 0 Å². The number of nitrogens with zero attached hydrogens (tertiary/aromatic N) is 5. The summed E-state index contributed by atoms with van der Waals surface area (Å²) in [6, 6.07) is 11.3. The molecule has 7 nitrogen and oxygen atoms in total. The molecular formula is C23H27N5O2SSi-. The minimum atomic E-state index is -1.20. The molecule has 0 atom stereocenters. The fourth-order valence-electron chi connectivity index (χ4n) is 3.76. The first-order chi connectivity index (χ1) is 15.3. The summed E-state index contributed by atoms with van der Waals surface area (Å²) in [6.07, 6.45) is 3.59. The number of fused-ring (bicyclic) bond motifs is 2. The van der Waals surface area contributed by atoms with Gasteiger partial charge >= 0.3 is 0 Å². The standard InChI is InChI=1S/C23H27N5O2SSi/c1-31-23-25-20(22(29)27-12-16-7-5-6-8-17(16)13-27)19-18(11-24)14-28(21(19)26-23)15-30-9-10-32(2,3)4/h5-8,14H,9-10,12-13,15H2,1-4H3/q-1. The summed E-state index contributed by atoms with van der Waals surface area (Å²) in [6.45, 7) is 8.95. The van der Waals surface area contributed by atoms with Crippen LogP contribution in [0.5, 0.6) is 0 Å². The second kappa shape index (κ2) is 9.06. The van der Waals surface area contributed by atoms with Crippen molar-refractivity contribution in [2.45, 2.75) is 50.7 Å². The summed E-state index contributed by atoms with van der Waals surface area (Å²) in [5.41, 5.74) is 3.52. The average Bonchev–Trinajstić information content (AvgIpc) is 3.36. The monoisotopic (exact) mass is 465 g/mol. The molecule has 0 aliphatic carbocycles. The van der Waals surface area contributed by atoms with E-state index < -0.39 is 8.07 Å². The summed E-state index contributed by atoms with van der Waals surface area (Å²) < 4.78 is 7.72. The van der Waals surface area contributed by atoms with Gasteiger partial charge in [-0.15, -0.1) is 14.1 Å². The third-order valence-electron chi connectivity index (χ3n) is 5.56. The van der Waals surface area contributed by atoms with Gasteiger partial charge in [-0.05, 0) is 17.4 Å². The summed E-state index contributed by atoms with van der Waals surface area (Å²) in [5, 5.41) is 10.8. The van der Waals surface area contributed by atoms with Crippen LogP contribution >= 0.6 is 11.8 Å². The van der Waals surface area contributed by atoms with Crippen LogP contribution in [0.3, 0.4) is 0 Å². The van der Waals surface area contributed by atoms with Gasteiger partial charge in [0.05, 0.1) is 10.9 Å². The maximum atomic E-state index is 13.5. The lowest BCUT2D eigenvalue weighted by atomic mass is 10.1. The first-order valence-corrected chi connectivity index (χ1v) is 15.5. The van der Waals surface area contributed by atoms with Crippen LogP contribution in [0.1, 0.15) is 27.2 Å². The van der Waals surface area contributed by atoms with Gasteiger partial charge < -0.3 is 14.2 Å². The van der Waals surface area contributed by atoms with Crippen molar-refractivity contribution in [1.29, 1.82) is 5.26 Å². The molecule has 1 aliphatic heterocycles. The zero-order valence-electron chi connectivity index (χ0n) is 18.9. The molecule has 0 unspecified atom stereocenters. The maximum absolute atomic E-state index is 13.5. The zero-order valence-corrected chi connectivity index (χ0v) is 20.7. The van der Waals surface area contributed by atoms with Crippen LogP contribution in [0.25, 0.3) is 11.0 Å². The van der Waals surface area contributed by atoms with E-state index in [1.54, 1.807) is 11.1 Å². The molecule has 167 valence electrons. The molecule has 1 aromatic carbocycles. The Balaban J connectivity index is 1.68. The van der Waals surface area contributed by atoms with Crippen LogP contribution in [0.4, 0.5) is 0 Å². The van der Waals surface area contributed by atoms with Gasteiger partial charge in [-0.3, -0.25) is 4.79 Å².